The van der Waals surface area contributed by atoms with Gasteiger partial charge in [0.05, 0.1) is 29.1 Å². The Morgan fingerprint density at radius 1 is 1.16 bits per heavy atom. The van der Waals surface area contributed by atoms with Crippen molar-refractivity contribution in [1.29, 1.82) is 5.26 Å². The predicted octanol–water partition coefficient (Wildman–Crippen LogP) is 5.53. The van der Waals surface area contributed by atoms with E-state index in [9.17, 15) is 13.7 Å². The summed E-state index contributed by atoms with van der Waals surface area (Å²) in [5.74, 6) is 1.49. The Bertz CT molecular complexity index is 1250. The van der Waals surface area contributed by atoms with Crippen molar-refractivity contribution in [3.63, 3.8) is 0 Å². The van der Waals surface area contributed by atoms with Gasteiger partial charge >= 0.3 is 0 Å². The van der Waals surface area contributed by atoms with Crippen LogP contribution in [0.15, 0.2) is 42.5 Å². The summed E-state index contributed by atoms with van der Waals surface area (Å²) in [4.78, 5) is 0. The van der Waals surface area contributed by atoms with E-state index in [1.54, 1.807) is 12.1 Å². The van der Waals surface area contributed by atoms with Crippen molar-refractivity contribution in [2.24, 2.45) is 5.92 Å². The van der Waals surface area contributed by atoms with Gasteiger partial charge in [-0.2, -0.15) is 5.26 Å². The first kappa shape index (κ1) is 22.2. The van der Waals surface area contributed by atoms with E-state index in [2.05, 4.69) is 15.4 Å². The molecule has 1 fully saturated rings. The molecule has 1 aromatic heterocycles. The van der Waals surface area contributed by atoms with Crippen molar-refractivity contribution in [2.75, 3.05) is 17.1 Å². The molecule has 7 heteroatoms. The number of nitrogens with one attached hydrogen (secondary N) is 1. The molecule has 1 aliphatic carbocycles. The SMILES string of the molecule is CCCS(=O)(=O)Nc1ccc(-c2c(C#N)c3ccc(OCC)cc3n2CC2CCC2)cc1. The summed E-state index contributed by atoms with van der Waals surface area (Å²) in [5, 5.41) is 11.0. The van der Waals surface area contributed by atoms with Gasteiger partial charge < -0.3 is 9.30 Å². The minimum atomic E-state index is -3.35. The molecule has 0 radical (unpaired) electrons. The second kappa shape index (κ2) is 9.25. The van der Waals surface area contributed by atoms with Gasteiger partial charge in [0.2, 0.25) is 10.0 Å². The van der Waals surface area contributed by atoms with Gasteiger partial charge in [0.25, 0.3) is 0 Å². The molecule has 0 saturated heterocycles. The van der Waals surface area contributed by atoms with Crippen molar-refractivity contribution < 1.29 is 13.2 Å². The Morgan fingerprint density at radius 2 is 1.91 bits per heavy atom. The summed E-state index contributed by atoms with van der Waals surface area (Å²) in [6.45, 7) is 5.24. The number of fused-ring (bicyclic) bond motifs is 1. The van der Waals surface area contributed by atoms with Crippen molar-refractivity contribution in [2.45, 2.75) is 46.1 Å². The maximum Gasteiger partial charge on any atom is 0.232 e. The number of benzene rings is 2. The van der Waals surface area contributed by atoms with Crippen molar-refractivity contribution >= 4 is 26.6 Å². The van der Waals surface area contributed by atoms with E-state index in [0.717, 1.165) is 34.5 Å². The molecule has 0 unspecified atom stereocenters. The van der Waals surface area contributed by atoms with E-state index >= 15 is 0 Å². The van der Waals surface area contributed by atoms with Crippen LogP contribution in [0.5, 0.6) is 5.75 Å². The van der Waals surface area contributed by atoms with Crippen LogP contribution in [0.1, 0.15) is 45.1 Å². The maximum atomic E-state index is 12.1. The average Bonchev–Trinajstić information content (AvgIpc) is 3.04. The van der Waals surface area contributed by atoms with E-state index in [1.165, 1.54) is 19.3 Å². The van der Waals surface area contributed by atoms with Gasteiger partial charge in [-0.05, 0) is 61.9 Å². The lowest BCUT2D eigenvalue weighted by molar-refractivity contribution is 0.280. The third kappa shape index (κ3) is 4.46. The lowest BCUT2D eigenvalue weighted by atomic mass is 9.85. The molecule has 1 aliphatic rings. The normalized spacial score (nSPS) is 14.2. The largest absolute Gasteiger partial charge is 0.494 e. The number of aromatic nitrogens is 1. The van der Waals surface area contributed by atoms with Crippen molar-refractivity contribution in [3.05, 3.63) is 48.0 Å². The molecule has 0 spiro atoms. The summed E-state index contributed by atoms with van der Waals surface area (Å²) in [5.41, 5.74) is 3.95. The predicted molar refractivity (Wildman–Crippen MR) is 128 cm³/mol. The van der Waals surface area contributed by atoms with Crippen LogP contribution in [-0.2, 0) is 16.6 Å². The van der Waals surface area contributed by atoms with Gasteiger partial charge in [0.15, 0.2) is 0 Å². The summed E-state index contributed by atoms with van der Waals surface area (Å²) >= 11 is 0. The highest BCUT2D eigenvalue weighted by Gasteiger charge is 2.24. The lowest BCUT2D eigenvalue weighted by Crippen LogP contribution is -2.18. The Kier molecular flexibility index (Phi) is 6.43. The number of nitriles is 1. The minimum Gasteiger partial charge on any atom is -0.494 e. The van der Waals surface area contributed by atoms with E-state index < -0.39 is 10.0 Å². The number of ether oxygens (including phenoxy) is 1. The Balaban J connectivity index is 1.80. The molecule has 1 saturated carbocycles. The fraction of sp³-hybridized carbons (Fsp3) is 0.400. The zero-order valence-electron chi connectivity index (χ0n) is 18.6. The molecule has 3 aromatic rings. The molecular formula is C25H29N3O3S. The molecule has 4 rings (SSSR count). The average molecular weight is 452 g/mol. The quantitative estimate of drug-likeness (QED) is 0.463. The molecule has 1 heterocycles. The highest BCUT2D eigenvalue weighted by molar-refractivity contribution is 7.92. The fourth-order valence-corrected chi connectivity index (χ4v) is 5.45. The Morgan fingerprint density at radius 3 is 2.50 bits per heavy atom. The molecule has 168 valence electrons. The maximum absolute atomic E-state index is 12.1. The Labute approximate surface area is 189 Å². The molecule has 32 heavy (non-hydrogen) atoms. The molecule has 0 bridgehead atoms. The van der Waals surface area contributed by atoms with Gasteiger partial charge in [0.1, 0.15) is 11.8 Å². The lowest BCUT2D eigenvalue weighted by Gasteiger charge is -2.27. The molecule has 1 N–H and O–H groups in total. The van der Waals surface area contributed by atoms with Crippen LogP contribution in [0, 0.1) is 17.2 Å². The molecule has 6 nitrogen and oxygen atoms in total. The number of hydrogen-bond donors (Lipinski definition) is 1. The summed E-state index contributed by atoms with van der Waals surface area (Å²) in [6.07, 6.45) is 4.21. The first-order chi connectivity index (χ1) is 15.5. The smallest absolute Gasteiger partial charge is 0.232 e. The van der Waals surface area contributed by atoms with E-state index in [-0.39, 0.29) is 5.75 Å². The third-order valence-corrected chi connectivity index (χ3v) is 7.52. The molecular weight excluding hydrogens is 422 g/mol. The first-order valence-electron chi connectivity index (χ1n) is 11.3. The first-order valence-corrected chi connectivity index (χ1v) is 12.9. The number of nitrogens with zero attached hydrogens (tertiary/aromatic N) is 2. The Hall–Kier alpha value is -2.98. The molecule has 0 aliphatic heterocycles. The summed E-state index contributed by atoms with van der Waals surface area (Å²) in [7, 11) is -3.35. The molecule has 0 amide bonds. The van der Waals surface area contributed by atoms with Gasteiger partial charge in [-0.1, -0.05) is 25.5 Å². The fourth-order valence-electron chi connectivity index (χ4n) is 4.32. The van der Waals surface area contributed by atoms with Gasteiger partial charge in [0, 0.05) is 23.7 Å². The second-order valence-electron chi connectivity index (χ2n) is 8.35. The summed E-state index contributed by atoms with van der Waals surface area (Å²) in [6, 6.07) is 15.6. The van der Waals surface area contributed by atoms with Crippen molar-refractivity contribution in [1.82, 2.24) is 4.57 Å². The van der Waals surface area contributed by atoms with E-state index in [1.807, 2.05) is 44.2 Å². The third-order valence-electron chi connectivity index (χ3n) is 6.03. The second-order valence-corrected chi connectivity index (χ2v) is 10.2. The number of rotatable bonds is 9. The number of hydrogen-bond acceptors (Lipinski definition) is 4. The molecule has 0 atom stereocenters. The van der Waals surface area contributed by atoms with Crippen LogP contribution in [-0.4, -0.2) is 25.3 Å². The van der Waals surface area contributed by atoms with Crippen LogP contribution < -0.4 is 9.46 Å². The van der Waals surface area contributed by atoms with E-state index in [0.29, 0.717) is 30.2 Å². The monoisotopic (exact) mass is 451 g/mol. The van der Waals surface area contributed by atoms with Gasteiger partial charge in [-0.3, -0.25) is 4.72 Å². The van der Waals surface area contributed by atoms with Crippen LogP contribution in [0.4, 0.5) is 5.69 Å². The van der Waals surface area contributed by atoms with Crippen LogP contribution >= 0.6 is 0 Å². The van der Waals surface area contributed by atoms with Gasteiger partial charge in [-0.15, -0.1) is 0 Å². The topological polar surface area (TPSA) is 84.1 Å². The highest BCUT2D eigenvalue weighted by atomic mass is 32.2. The zero-order chi connectivity index (χ0) is 22.7. The minimum absolute atomic E-state index is 0.0884. The summed E-state index contributed by atoms with van der Waals surface area (Å²) < 4.78 is 34.8. The highest BCUT2D eigenvalue weighted by Crippen LogP contribution is 2.38. The van der Waals surface area contributed by atoms with E-state index in [4.69, 9.17) is 4.74 Å². The number of sulfonamides is 1. The van der Waals surface area contributed by atoms with Crippen LogP contribution in [0.2, 0.25) is 0 Å². The molecule has 2 aromatic carbocycles. The zero-order valence-corrected chi connectivity index (χ0v) is 19.4. The van der Waals surface area contributed by atoms with Gasteiger partial charge in [-0.25, -0.2) is 8.42 Å². The number of anilines is 1. The van der Waals surface area contributed by atoms with Crippen LogP contribution in [0.3, 0.4) is 0 Å². The van der Waals surface area contributed by atoms with Crippen molar-refractivity contribution in [3.8, 4) is 23.1 Å². The van der Waals surface area contributed by atoms with Crippen LogP contribution in [0.25, 0.3) is 22.2 Å². The standard InChI is InChI=1S/C25H29N3O3S/c1-3-14-32(29,30)27-20-10-8-19(9-11-20)25-23(16-26)22-13-12-21(31-4-2)15-24(22)28(25)17-18-6-5-7-18/h8-13,15,18,27H,3-7,14,17H2,1-2H3.